The highest BCUT2D eigenvalue weighted by Crippen LogP contribution is 2.19. The van der Waals surface area contributed by atoms with Gasteiger partial charge in [-0.05, 0) is 23.8 Å². The summed E-state index contributed by atoms with van der Waals surface area (Å²) in [6.07, 6.45) is 0.288. The second kappa shape index (κ2) is 7.61. The van der Waals surface area contributed by atoms with Crippen molar-refractivity contribution in [2.24, 2.45) is 5.73 Å². The molecule has 0 saturated carbocycles. The van der Waals surface area contributed by atoms with Gasteiger partial charge in [0.15, 0.2) is 0 Å². The summed E-state index contributed by atoms with van der Waals surface area (Å²) in [5.41, 5.74) is 6.69. The minimum absolute atomic E-state index is 0.114. The zero-order chi connectivity index (χ0) is 15.9. The fourth-order valence-electron chi connectivity index (χ4n) is 2.13. The van der Waals surface area contributed by atoms with Gasteiger partial charge in [-0.15, -0.1) is 0 Å². The van der Waals surface area contributed by atoms with E-state index in [1.54, 1.807) is 11.0 Å². The standard InChI is InChI=1S/C17H17ClN2O2/c18-15-9-5-4-6-13(15)12-17(22)20(11-10-16(19)21)14-7-2-1-3-8-14/h1-9H,10-12H2,(H2,19,21). The first-order valence-corrected chi connectivity index (χ1v) is 7.33. The van der Waals surface area contributed by atoms with Crippen LogP contribution >= 0.6 is 11.6 Å². The lowest BCUT2D eigenvalue weighted by Gasteiger charge is -2.22. The average molecular weight is 317 g/mol. The molecule has 2 aromatic carbocycles. The highest BCUT2D eigenvalue weighted by atomic mass is 35.5. The predicted molar refractivity (Wildman–Crippen MR) is 87.8 cm³/mol. The van der Waals surface area contributed by atoms with Crippen molar-refractivity contribution >= 4 is 29.1 Å². The number of nitrogens with two attached hydrogens (primary N) is 1. The first-order valence-electron chi connectivity index (χ1n) is 6.95. The van der Waals surface area contributed by atoms with E-state index >= 15 is 0 Å². The number of para-hydroxylation sites is 1. The first kappa shape index (κ1) is 16.0. The van der Waals surface area contributed by atoms with Gasteiger partial charge >= 0.3 is 0 Å². The number of carbonyl (C=O) groups is 2. The third-order valence-corrected chi connectivity index (χ3v) is 3.62. The number of carbonyl (C=O) groups excluding carboxylic acids is 2. The molecular formula is C17H17ClN2O2. The van der Waals surface area contributed by atoms with Crippen LogP contribution in [0.2, 0.25) is 5.02 Å². The largest absolute Gasteiger partial charge is 0.370 e. The van der Waals surface area contributed by atoms with E-state index in [9.17, 15) is 9.59 Å². The van der Waals surface area contributed by atoms with Gasteiger partial charge in [-0.2, -0.15) is 0 Å². The number of anilines is 1. The maximum Gasteiger partial charge on any atom is 0.231 e. The molecule has 0 atom stereocenters. The molecule has 2 rings (SSSR count). The normalized spacial score (nSPS) is 10.2. The van der Waals surface area contributed by atoms with E-state index in [0.29, 0.717) is 5.02 Å². The van der Waals surface area contributed by atoms with Gasteiger partial charge in [0.1, 0.15) is 0 Å². The van der Waals surface area contributed by atoms with Gasteiger partial charge in [-0.25, -0.2) is 0 Å². The molecule has 0 aromatic heterocycles. The summed E-state index contributed by atoms with van der Waals surface area (Å²) in [7, 11) is 0. The summed E-state index contributed by atoms with van der Waals surface area (Å²) < 4.78 is 0. The highest BCUT2D eigenvalue weighted by Gasteiger charge is 2.17. The number of nitrogens with zero attached hydrogens (tertiary/aromatic N) is 1. The Morgan fingerprint density at radius 3 is 2.27 bits per heavy atom. The van der Waals surface area contributed by atoms with Gasteiger partial charge in [-0.1, -0.05) is 48.0 Å². The highest BCUT2D eigenvalue weighted by molar-refractivity contribution is 6.31. The fourth-order valence-corrected chi connectivity index (χ4v) is 2.33. The molecule has 0 aliphatic rings. The molecule has 0 saturated heterocycles. The van der Waals surface area contributed by atoms with Gasteiger partial charge in [0.2, 0.25) is 11.8 Å². The van der Waals surface area contributed by atoms with Gasteiger partial charge in [0.25, 0.3) is 0 Å². The predicted octanol–water partition coefficient (Wildman–Crippen LogP) is 2.79. The third kappa shape index (κ3) is 4.33. The number of primary amides is 1. The van der Waals surface area contributed by atoms with E-state index in [-0.39, 0.29) is 25.3 Å². The fraction of sp³-hybridized carbons (Fsp3) is 0.176. The zero-order valence-electron chi connectivity index (χ0n) is 12.0. The van der Waals surface area contributed by atoms with Crippen LogP contribution in [0.25, 0.3) is 0 Å². The van der Waals surface area contributed by atoms with E-state index in [1.807, 2.05) is 48.5 Å². The van der Waals surface area contributed by atoms with Crippen molar-refractivity contribution in [1.29, 1.82) is 0 Å². The molecule has 0 spiro atoms. The number of amides is 2. The van der Waals surface area contributed by atoms with Crippen molar-refractivity contribution in [3.8, 4) is 0 Å². The molecule has 114 valence electrons. The van der Waals surface area contributed by atoms with E-state index < -0.39 is 5.91 Å². The quantitative estimate of drug-likeness (QED) is 0.890. The summed E-state index contributed by atoms with van der Waals surface area (Å²) in [5.74, 6) is -0.563. The van der Waals surface area contributed by atoms with Crippen LogP contribution in [0.15, 0.2) is 54.6 Å². The Balaban J connectivity index is 2.19. The molecule has 0 radical (unpaired) electrons. The first-order chi connectivity index (χ1) is 10.6. The van der Waals surface area contributed by atoms with Gasteiger partial charge in [-0.3, -0.25) is 9.59 Å². The monoisotopic (exact) mass is 316 g/mol. The molecule has 4 nitrogen and oxygen atoms in total. The maximum atomic E-state index is 12.6. The van der Waals surface area contributed by atoms with Crippen molar-refractivity contribution < 1.29 is 9.59 Å². The molecule has 0 heterocycles. The van der Waals surface area contributed by atoms with Gasteiger partial charge < -0.3 is 10.6 Å². The molecule has 0 fully saturated rings. The number of halogens is 1. The Kier molecular flexibility index (Phi) is 5.55. The van der Waals surface area contributed by atoms with Crippen molar-refractivity contribution in [2.45, 2.75) is 12.8 Å². The topological polar surface area (TPSA) is 63.4 Å². The summed E-state index contributed by atoms with van der Waals surface area (Å²) in [5, 5.41) is 0.554. The molecule has 0 aliphatic carbocycles. The number of hydrogen-bond acceptors (Lipinski definition) is 2. The van der Waals surface area contributed by atoms with Gasteiger partial charge in [0, 0.05) is 23.7 Å². The SMILES string of the molecule is NC(=O)CCN(C(=O)Cc1ccccc1Cl)c1ccccc1. The van der Waals surface area contributed by atoms with Crippen LogP contribution in [-0.4, -0.2) is 18.4 Å². The van der Waals surface area contributed by atoms with E-state index in [4.69, 9.17) is 17.3 Å². The van der Waals surface area contributed by atoms with Crippen molar-refractivity contribution in [3.05, 3.63) is 65.2 Å². The molecule has 0 aliphatic heterocycles. The maximum absolute atomic E-state index is 12.6. The molecule has 2 aromatic rings. The molecule has 2 N–H and O–H groups in total. The number of rotatable bonds is 6. The van der Waals surface area contributed by atoms with Crippen molar-refractivity contribution in [3.63, 3.8) is 0 Å². The number of hydrogen-bond donors (Lipinski definition) is 1. The Labute approximate surface area is 134 Å². The van der Waals surface area contributed by atoms with Gasteiger partial charge in [0.05, 0.1) is 6.42 Å². The van der Waals surface area contributed by atoms with Crippen LogP contribution in [-0.2, 0) is 16.0 Å². The van der Waals surface area contributed by atoms with Crippen LogP contribution < -0.4 is 10.6 Å². The van der Waals surface area contributed by atoms with E-state index in [2.05, 4.69) is 0 Å². The minimum Gasteiger partial charge on any atom is -0.370 e. The Morgan fingerprint density at radius 2 is 1.64 bits per heavy atom. The smallest absolute Gasteiger partial charge is 0.231 e. The Bertz CT molecular complexity index is 659. The van der Waals surface area contributed by atoms with Crippen LogP contribution in [0.5, 0.6) is 0 Å². The van der Waals surface area contributed by atoms with E-state index in [1.165, 1.54) is 0 Å². The number of benzene rings is 2. The van der Waals surface area contributed by atoms with Crippen LogP contribution in [0.3, 0.4) is 0 Å². The summed E-state index contributed by atoms with van der Waals surface area (Å²) in [4.78, 5) is 25.2. The Hall–Kier alpha value is -2.33. The van der Waals surface area contributed by atoms with Crippen LogP contribution in [0, 0.1) is 0 Å². The summed E-state index contributed by atoms with van der Waals surface area (Å²) in [6.45, 7) is 0.253. The summed E-state index contributed by atoms with van der Waals surface area (Å²) >= 11 is 6.10. The summed E-state index contributed by atoms with van der Waals surface area (Å²) in [6, 6.07) is 16.4. The lowest BCUT2D eigenvalue weighted by Crippen LogP contribution is -2.35. The zero-order valence-corrected chi connectivity index (χ0v) is 12.8. The van der Waals surface area contributed by atoms with Crippen molar-refractivity contribution in [2.75, 3.05) is 11.4 Å². The van der Waals surface area contributed by atoms with E-state index in [0.717, 1.165) is 11.3 Å². The molecule has 2 amide bonds. The molecule has 0 bridgehead atoms. The molecule has 5 heteroatoms. The van der Waals surface area contributed by atoms with Crippen molar-refractivity contribution in [1.82, 2.24) is 0 Å². The average Bonchev–Trinajstić information content (AvgIpc) is 2.50. The second-order valence-electron chi connectivity index (χ2n) is 4.87. The molecular weight excluding hydrogens is 300 g/mol. The van der Waals surface area contributed by atoms with Crippen LogP contribution in [0.1, 0.15) is 12.0 Å². The third-order valence-electron chi connectivity index (χ3n) is 3.25. The minimum atomic E-state index is -0.438. The lowest BCUT2D eigenvalue weighted by molar-refractivity contribution is -0.118. The molecule has 22 heavy (non-hydrogen) atoms. The Morgan fingerprint density at radius 1 is 1.00 bits per heavy atom. The lowest BCUT2D eigenvalue weighted by atomic mass is 10.1. The van der Waals surface area contributed by atoms with Crippen LogP contribution in [0.4, 0.5) is 5.69 Å². The second-order valence-corrected chi connectivity index (χ2v) is 5.27. The molecule has 0 unspecified atom stereocenters.